The lowest BCUT2D eigenvalue weighted by Gasteiger charge is -2.34. The van der Waals surface area contributed by atoms with Gasteiger partial charge in [0.05, 0.1) is 23.6 Å². The number of aromatic nitrogens is 4. The smallest absolute Gasteiger partial charge is 0.291 e. The molecule has 1 aliphatic heterocycles. The topological polar surface area (TPSA) is 72.9 Å². The first-order valence-electron chi connectivity index (χ1n) is 8.43. The van der Waals surface area contributed by atoms with E-state index in [1.807, 2.05) is 0 Å². The lowest BCUT2D eigenvalue weighted by atomic mass is 10.1. The van der Waals surface area contributed by atoms with Crippen molar-refractivity contribution < 1.29 is 22.0 Å². The summed E-state index contributed by atoms with van der Waals surface area (Å²) in [6.07, 6.45) is -3.72. The first-order valence-corrected chi connectivity index (χ1v) is 9.25. The zero-order valence-electron chi connectivity index (χ0n) is 14.3. The van der Waals surface area contributed by atoms with Gasteiger partial charge in [0.25, 0.3) is 6.43 Å². The standard InChI is InChI=1S/C16H15F5N6S/c17-7-1-2-26(5-10(7)22)16-23-11-3-8(18)9(19)4-12(11)27(16)6-13-24-25-15(28-13)14(20)21/h3-4,7,10,14H,1-2,5-6,22H2/t7?,10-/m1/s1. The number of piperidine rings is 1. The van der Waals surface area contributed by atoms with Crippen molar-refractivity contribution in [1.82, 2.24) is 19.7 Å². The number of halogens is 5. The van der Waals surface area contributed by atoms with Gasteiger partial charge in [0.1, 0.15) is 11.2 Å². The van der Waals surface area contributed by atoms with Gasteiger partial charge in [-0.25, -0.2) is 26.9 Å². The molecule has 1 saturated heterocycles. The molecule has 0 radical (unpaired) electrons. The van der Waals surface area contributed by atoms with Crippen LogP contribution in [-0.4, -0.2) is 45.1 Å². The summed E-state index contributed by atoms with van der Waals surface area (Å²) in [5, 5.41) is 7.00. The minimum atomic E-state index is -2.75. The number of nitrogens with zero attached hydrogens (tertiary/aromatic N) is 5. The van der Waals surface area contributed by atoms with Crippen molar-refractivity contribution in [2.75, 3.05) is 18.0 Å². The lowest BCUT2D eigenvalue weighted by Crippen LogP contribution is -2.50. The first kappa shape index (κ1) is 19.0. The fraction of sp³-hybridized carbons (Fsp3) is 0.438. The van der Waals surface area contributed by atoms with E-state index in [4.69, 9.17) is 5.73 Å². The predicted octanol–water partition coefficient (Wildman–Crippen LogP) is 3.03. The molecule has 0 saturated carbocycles. The van der Waals surface area contributed by atoms with Crippen molar-refractivity contribution in [3.8, 4) is 0 Å². The van der Waals surface area contributed by atoms with Crippen LogP contribution in [0.2, 0.25) is 0 Å². The van der Waals surface area contributed by atoms with Gasteiger partial charge in [0.2, 0.25) is 5.95 Å². The second kappa shape index (κ2) is 7.24. The molecule has 6 nitrogen and oxygen atoms in total. The summed E-state index contributed by atoms with van der Waals surface area (Å²) >= 11 is 0.720. The Morgan fingerprint density at radius 2 is 1.96 bits per heavy atom. The number of fused-ring (bicyclic) bond motifs is 1. The Kier molecular flexibility index (Phi) is 4.91. The normalized spacial score (nSPS) is 20.5. The predicted molar refractivity (Wildman–Crippen MR) is 93.3 cm³/mol. The summed E-state index contributed by atoms with van der Waals surface area (Å²) in [4.78, 5) is 6.06. The van der Waals surface area contributed by atoms with Crippen molar-refractivity contribution in [2.45, 2.75) is 31.6 Å². The molecular weight excluding hydrogens is 403 g/mol. The van der Waals surface area contributed by atoms with Crippen molar-refractivity contribution in [1.29, 1.82) is 0 Å². The third kappa shape index (κ3) is 3.41. The Morgan fingerprint density at radius 1 is 1.21 bits per heavy atom. The Morgan fingerprint density at radius 3 is 2.64 bits per heavy atom. The van der Waals surface area contributed by atoms with Crippen LogP contribution in [0.4, 0.5) is 27.9 Å². The fourth-order valence-corrected chi connectivity index (χ4v) is 3.88. The van der Waals surface area contributed by atoms with Gasteiger partial charge in [0.15, 0.2) is 16.6 Å². The maximum atomic E-state index is 13.8. The third-order valence-electron chi connectivity index (χ3n) is 4.59. The monoisotopic (exact) mass is 418 g/mol. The van der Waals surface area contributed by atoms with E-state index in [9.17, 15) is 22.0 Å². The van der Waals surface area contributed by atoms with E-state index in [2.05, 4.69) is 15.2 Å². The Labute approximate surface area is 159 Å². The number of nitrogens with two attached hydrogens (primary N) is 1. The van der Waals surface area contributed by atoms with Crippen LogP contribution in [-0.2, 0) is 6.54 Å². The van der Waals surface area contributed by atoms with Crippen LogP contribution in [0, 0.1) is 11.6 Å². The second-order valence-electron chi connectivity index (χ2n) is 6.50. The average molecular weight is 418 g/mol. The Balaban J connectivity index is 1.78. The maximum absolute atomic E-state index is 13.8. The summed E-state index contributed by atoms with van der Waals surface area (Å²) in [5.41, 5.74) is 6.26. The van der Waals surface area contributed by atoms with Crippen molar-refractivity contribution >= 4 is 28.3 Å². The third-order valence-corrected chi connectivity index (χ3v) is 5.50. The summed E-state index contributed by atoms with van der Waals surface area (Å²) in [6.45, 7) is 0.446. The van der Waals surface area contributed by atoms with Gasteiger partial charge in [-0.1, -0.05) is 11.3 Å². The maximum Gasteiger partial charge on any atom is 0.291 e. The summed E-state index contributed by atoms with van der Waals surface area (Å²) in [7, 11) is 0. The van der Waals surface area contributed by atoms with Crippen molar-refractivity contribution in [3.05, 3.63) is 33.8 Å². The van der Waals surface area contributed by atoms with Gasteiger partial charge < -0.3 is 15.2 Å². The molecule has 28 heavy (non-hydrogen) atoms. The molecule has 0 bridgehead atoms. The van der Waals surface area contributed by atoms with Gasteiger partial charge in [0, 0.05) is 25.2 Å². The number of imidazole rings is 1. The van der Waals surface area contributed by atoms with Gasteiger partial charge in [-0.3, -0.25) is 0 Å². The highest BCUT2D eigenvalue weighted by Crippen LogP contribution is 2.30. The first-order chi connectivity index (χ1) is 13.3. The highest BCUT2D eigenvalue weighted by atomic mass is 32.1. The van der Waals surface area contributed by atoms with E-state index in [0.29, 0.717) is 12.5 Å². The fourth-order valence-electron chi connectivity index (χ4n) is 3.19. The number of hydrogen-bond donors (Lipinski definition) is 1. The summed E-state index contributed by atoms with van der Waals surface area (Å²) in [5.74, 6) is -1.81. The Hall–Kier alpha value is -2.34. The van der Waals surface area contributed by atoms with E-state index in [0.717, 1.165) is 23.5 Å². The molecule has 2 atom stereocenters. The van der Waals surface area contributed by atoms with Gasteiger partial charge in [-0.05, 0) is 6.42 Å². The number of alkyl halides is 3. The van der Waals surface area contributed by atoms with E-state index >= 15 is 0 Å². The molecule has 0 spiro atoms. The molecule has 1 fully saturated rings. The highest BCUT2D eigenvalue weighted by molar-refractivity contribution is 7.11. The number of rotatable bonds is 4. The number of hydrogen-bond acceptors (Lipinski definition) is 6. The molecule has 3 heterocycles. The molecule has 12 heteroatoms. The van der Waals surface area contributed by atoms with Gasteiger partial charge in [-0.15, -0.1) is 10.2 Å². The molecule has 1 aromatic carbocycles. The van der Waals surface area contributed by atoms with Crippen LogP contribution < -0.4 is 10.6 Å². The zero-order valence-corrected chi connectivity index (χ0v) is 15.1. The molecule has 4 rings (SSSR count). The van der Waals surface area contributed by atoms with Crippen molar-refractivity contribution in [2.24, 2.45) is 5.73 Å². The molecule has 2 N–H and O–H groups in total. The highest BCUT2D eigenvalue weighted by Gasteiger charge is 2.30. The SMILES string of the molecule is N[C@@H]1CN(c2nc3cc(F)c(F)cc3n2Cc2nnc(C(F)F)s2)CCC1F. The number of anilines is 1. The van der Waals surface area contributed by atoms with E-state index in [-0.39, 0.29) is 35.6 Å². The number of benzene rings is 1. The molecule has 1 unspecified atom stereocenters. The van der Waals surface area contributed by atoms with Crippen LogP contribution >= 0.6 is 11.3 Å². The molecular formula is C16H15F5N6S. The van der Waals surface area contributed by atoms with Gasteiger partial charge >= 0.3 is 0 Å². The van der Waals surface area contributed by atoms with E-state index in [1.54, 1.807) is 4.90 Å². The minimum Gasteiger partial charge on any atom is -0.340 e. The zero-order chi connectivity index (χ0) is 20.0. The molecule has 150 valence electrons. The average Bonchev–Trinajstić information content (AvgIpc) is 3.24. The molecule has 0 amide bonds. The van der Waals surface area contributed by atoms with Crippen LogP contribution in [0.5, 0.6) is 0 Å². The minimum absolute atomic E-state index is 0.0217. The van der Waals surface area contributed by atoms with Crippen LogP contribution in [0.1, 0.15) is 22.9 Å². The largest absolute Gasteiger partial charge is 0.340 e. The van der Waals surface area contributed by atoms with E-state index < -0.39 is 35.3 Å². The van der Waals surface area contributed by atoms with Crippen molar-refractivity contribution in [3.63, 3.8) is 0 Å². The summed E-state index contributed by atoms with van der Waals surface area (Å²) in [6, 6.07) is 1.21. The second-order valence-corrected chi connectivity index (χ2v) is 7.60. The van der Waals surface area contributed by atoms with Crippen LogP contribution in [0.15, 0.2) is 12.1 Å². The summed E-state index contributed by atoms with van der Waals surface area (Å²) < 4.78 is 68.3. The Bertz CT molecular complexity index is 1000. The van der Waals surface area contributed by atoms with Crippen LogP contribution in [0.25, 0.3) is 11.0 Å². The molecule has 0 aliphatic carbocycles. The quantitative estimate of drug-likeness (QED) is 0.660. The van der Waals surface area contributed by atoms with Gasteiger partial charge in [-0.2, -0.15) is 0 Å². The van der Waals surface area contributed by atoms with Crippen LogP contribution in [0.3, 0.4) is 0 Å². The lowest BCUT2D eigenvalue weighted by molar-refractivity contribution is 0.150. The molecule has 1 aliphatic rings. The van der Waals surface area contributed by atoms with E-state index in [1.165, 1.54) is 4.57 Å². The molecule has 3 aromatic rings. The molecule has 2 aromatic heterocycles.